The van der Waals surface area contributed by atoms with Gasteiger partial charge >= 0.3 is 5.97 Å². The van der Waals surface area contributed by atoms with Gasteiger partial charge in [0.05, 0.1) is 6.42 Å². The van der Waals surface area contributed by atoms with Crippen molar-refractivity contribution < 1.29 is 9.53 Å². The predicted octanol–water partition coefficient (Wildman–Crippen LogP) is 2.44. The molecule has 0 spiro atoms. The molecule has 0 amide bonds. The molecule has 1 aliphatic carbocycles. The summed E-state index contributed by atoms with van der Waals surface area (Å²) in [5.74, 6) is 0.402. The fraction of sp³-hybridized carbons (Fsp3) is 0.727. The van der Waals surface area contributed by atoms with Gasteiger partial charge in [-0.3, -0.25) is 4.79 Å². The third-order valence-electron chi connectivity index (χ3n) is 3.52. The summed E-state index contributed by atoms with van der Waals surface area (Å²) in [5.41, 5.74) is 2.65. The molecule has 1 saturated heterocycles. The minimum Gasteiger partial charge on any atom is -0.459 e. The number of hydrogen-bond donors (Lipinski definition) is 0. The highest BCUT2D eigenvalue weighted by Crippen LogP contribution is 2.45. The van der Waals surface area contributed by atoms with Crippen LogP contribution in [0.5, 0.6) is 0 Å². The van der Waals surface area contributed by atoms with Crippen molar-refractivity contribution in [2.24, 2.45) is 5.92 Å². The molecule has 72 valence electrons. The van der Waals surface area contributed by atoms with E-state index in [0.29, 0.717) is 12.3 Å². The standard InChI is InChI=1S/C11H16O2/c1-7-4-9-5-10(12)13-11(9,3)6-8(7)2/h9H,4-6H2,1-3H3/t9-,11-/m0/s1. The highest BCUT2D eigenvalue weighted by Gasteiger charge is 2.47. The molecular weight excluding hydrogens is 164 g/mol. The predicted molar refractivity (Wildman–Crippen MR) is 50.2 cm³/mol. The van der Waals surface area contributed by atoms with E-state index >= 15 is 0 Å². The van der Waals surface area contributed by atoms with Crippen LogP contribution >= 0.6 is 0 Å². The van der Waals surface area contributed by atoms with Gasteiger partial charge in [0.2, 0.25) is 0 Å². The Balaban J connectivity index is 2.29. The van der Waals surface area contributed by atoms with Crippen molar-refractivity contribution in [3.63, 3.8) is 0 Å². The van der Waals surface area contributed by atoms with E-state index in [0.717, 1.165) is 12.8 Å². The van der Waals surface area contributed by atoms with E-state index in [1.165, 1.54) is 11.1 Å². The first-order valence-electron chi connectivity index (χ1n) is 4.88. The lowest BCUT2D eigenvalue weighted by Gasteiger charge is -2.35. The molecule has 13 heavy (non-hydrogen) atoms. The average Bonchev–Trinajstić information content (AvgIpc) is 2.25. The molecule has 0 aromatic carbocycles. The average molecular weight is 180 g/mol. The second-order valence-electron chi connectivity index (χ2n) is 4.63. The minimum absolute atomic E-state index is 0.0185. The van der Waals surface area contributed by atoms with E-state index < -0.39 is 0 Å². The van der Waals surface area contributed by atoms with E-state index in [9.17, 15) is 4.79 Å². The number of allylic oxidation sites excluding steroid dienone is 1. The quantitative estimate of drug-likeness (QED) is 0.423. The molecule has 2 nitrogen and oxygen atoms in total. The van der Waals surface area contributed by atoms with Gasteiger partial charge in [0.1, 0.15) is 5.60 Å². The summed E-state index contributed by atoms with van der Waals surface area (Å²) in [5, 5.41) is 0. The molecular formula is C11H16O2. The third-order valence-corrected chi connectivity index (χ3v) is 3.52. The summed E-state index contributed by atoms with van der Waals surface area (Å²) in [4.78, 5) is 11.2. The van der Waals surface area contributed by atoms with Crippen LogP contribution < -0.4 is 0 Å². The number of hydrogen-bond acceptors (Lipinski definition) is 2. The lowest BCUT2D eigenvalue weighted by molar-refractivity contribution is -0.148. The van der Waals surface area contributed by atoms with Crippen molar-refractivity contribution >= 4 is 5.97 Å². The van der Waals surface area contributed by atoms with Gasteiger partial charge < -0.3 is 4.74 Å². The first kappa shape index (κ1) is 8.79. The van der Waals surface area contributed by atoms with Crippen LogP contribution in [0.4, 0.5) is 0 Å². The first-order valence-corrected chi connectivity index (χ1v) is 4.88. The summed E-state index contributed by atoms with van der Waals surface area (Å²) < 4.78 is 5.40. The van der Waals surface area contributed by atoms with Crippen LogP contribution in [0, 0.1) is 5.92 Å². The Labute approximate surface area is 79.0 Å². The van der Waals surface area contributed by atoms with Gasteiger partial charge in [-0.25, -0.2) is 0 Å². The van der Waals surface area contributed by atoms with Crippen molar-refractivity contribution in [3.8, 4) is 0 Å². The van der Waals surface area contributed by atoms with Gasteiger partial charge in [0.25, 0.3) is 0 Å². The molecule has 2 atom stereocenters. The zero-order valence-electron chi connectivity index (χ0n) is 8.52. The summed E-state index contributed by atoms with van der Waals surface area (Å²) in [6, 6.07) is 0. The van der Waals surface area contributed by atoms with E-state index in [-0.39, 0.29) is 11.6 Å². The second kappa shape index (κ2) is 2.60. The van der Waals surface area contributed by atoms with Gasteiger partial charge in [-0.1, -0.05) is 11.1 Å². The Morgan fingerprint density at radius 1 is 1.31 bits per heavy atom. The number of carbonyl (C=O) groups excluding carboxylic acids is 1. The summed E-state index contributed by atoms with van der Waals surface area (Å²) in [6.07, 6.45) is 2.57. The zero-order valence-corrected chi connectivity index (χ0v) is 8.52. The fourth-order valence-corrected chi connectivity index (χ4v) is 2.49. The molecule has 0 N–H and O–H groups in total. The number of esters is 1. The molecule has 1 fully saturated rings. The maximum atomic E-state index is 11.2. The van der Waals surface area contributed by atoms with Crippen molar-refractivity contribution in [2.45, 2.75) is 45.6 Å². The lowest BCUT2D eigenvalue weighted by Crippen LogP contribution is -2.35. The van der Waals surface area contributed by atoms with Crippen LogP contribution in [0.15, 0.2) is 11.1 Å². The van der Waals surface area contributed by atoms with Crippen molar-refractivity contribution in [2.75, 3.05) is 0 Å². The van der Waals surface area contributed by atoms with Crippen molar-refractivity contribution in [3.05, 3.63) is 11.1 Å². The summed E-state index contributed by atoms with van der Waals surface area (Å²) in [6.45, 7) is 6.37. The molecule has 0 radical (unpaired) electrons. The molecule has 2 rings (SSSR count). The number of fused-ring (bicyclic) bond motifs is 1. The van der Waals surface area contributed by atoms with Crippen LogP contribution in [0.1, 0.15) is 40.0 Å². The number of carbonyl (C=O) groups is 1. The van der Waals surface area contributed by atoms with E-state index in [2.05, 4.69) is 20.8 Å². The van der Waals surface area contributed by atoms with Crippen LogP contribution in [0.25, 0.3) is 0 Å². The molecule has 0 unspecified atom stereocenters. The molecule has 0 saturated carbocycles. The Morgan fingerprint density at radius 2 is 2.00 bits per heavy atom. The highest BCUT2D eigenvalue weighted by molar-refractivity contribution is 5.73. The SMILES string of the molecule is CC1=C(C)C[C@]2(C)OC(=O)C[C@@H]2C1. The van der Waals surface area contributed by atoms with Crippen LogP contribution in [0.2, 0.25) is 0 Å². The molecule has 2 aliphatic rings. The zero-order chi connectivity index (χ0) is 9.64. The van der Waals surface area contributed by atoms with Gasteiger partial charge in [-0.05, 0) is 27.2 Å². The Hall–Kier alpha value is -0.790. The summed E-state index contributed by atoms with van der Waals surface area (Å²) in [7, 11) is 0. The molecule has 1 aliphatic heterocycles. The number of rotatable bonds is 0. The molecule has 0 bridgehead atoms. The van der Waals surface area contributed by atoms with E-state index in [1.54, 1.807) is 0 Å². The second-order valence-corrected chi connectivity index (χ2v) is 4.63. The van der Waals surface area contributed by atoms with Gasteiger partial charge in [0, 0.05) is 12.3 Å². The minimum atomic E-state index is -0.194. The monoisotopic (exact) mass is 180 g/mol. The Bertz CT molecular complexity index is 290. The lowest BCUT2D eigenvalue weighted by atomic mass is 9.74. The maximum Gasteiger partial charge on any atom is 0.306 e. The van der Waals surface area contributed by atoms with Crippen LogP contribution in [-0.2, 0) is 9.53 Å². The van der Waals surface area contributed by atoms with Crippen molar-refractivity contribution in [1.82, 2.24) is 0 Å². The van der Waals surface area contributed by atoms with Gasteiger partial charge in [0.15, 0.2) is 0 Å². The highest BCUT2D eigenvalue weighted by atomic mass is 16.6. The fourth-order valence-electron chi connectivity index (χ4n) is 2.49. The summed E-state index contributed by atoms with van der Waals surface area (Å²) >= 11 is 0. The van der Waals surface area contributed by atoms with E-state index in [4.69, 9.17) is 4.74 Å². The Kier molecular flexibility index (Phi) is 1.76. The largest absolute Gasteiger partial charge is 0.459 e. The van der Waals surface area contributed by atoms with Crippen molar-refractivity contribution in [1.29, 1.82) is 0 Å². The van der Waals surface area contributed by atoms with Crippen LogP contribution in [-0.4, -0.2) is 11.6 Å². The van der Waals surface area contributed by atoms with Gasteiger partial charge in [-0.2, -0.15) is 0 Å². The normalized spacial score (nSPS) is 39.0. The molecule has 1 heterocycles. The maximum absolute atomic E-state index is 11.2. The number of ether oxygens (including phenoxy) is 1. The Morgan fingerprint density at radius 3 is 2.69 bits per heavy atom. The molecule has 2 heteroatoms. The first-order chi connectivity index (χ1) is 6.01. The van der Waals surface area contributed by atoms with Gasteiger partial charge in [-0.15, -0.1) is 0 Å². The molecule has 0 aromatic rings. The van der Waals surface area contributed by atoms with Crippen LogP contribution in [0.3, 0.4) is 0 Å². The smallest absolute Gasteiger partial charge is 0.306 e. The van der Waals surface area contributed by atoms with E-state index in [1.807, 2.05) is 0 Å². The topological polar surface area (TPSA) is 26.3 Å². The molecule has 0 aromatic heterocycles. The third kappa shape index (κ3) is 1.28.